The molecule has 0 saturated heterocycles. The smallest absolute Gasteiger partial charge is 0.340 e. The molecule has 2 aromatic rings. The van der Waals surface area contributed by atoms with Crippen LogP contribution >= 0.6 is 0 Å². The van der Waals surface area contributed by atoms with Crippen molar-refractivity contribution in [2.75, 3.05) is 6.61 Å². The van der Waals surface area contributed by atoms with Gasteiger partial charge in [-0.2, -0.15) is 5.10 Å². The number of H-pyrrole nitrogens is 1. The Morgan fingerprint density at radius 2 is 2.47 bits per heavy atom. The highest BCUT2D eigenvalue weighted by molar-refractivity contribution is 5.96. The number of aromatic amines is 1. The van der Waals surface area contributed by atoms with Gasteiger partial charge in [0.2, 0.25) is 0 Å². The lowest BCUT2D eigenvalue weighted by Gasteiger charge is -1.98. The average Bonchev–Trinajstić information content (AvgIpc) is 2.63. The van der Waals surface area contributed by atoms with Crippen LogP contribution in [0, 0.1) is 0 Å². The first-order valence-electron chi connectivity index (χ1n) is 4.46. The summed E-state index contributed by atoms with van der Waals surface area (Å²) in [6, 6.07) is 1.51. The molecule has 0 fully saturated rings. The number of esters is 1. The van der Waals surface area contributed by atoms with Gasteiger partial charge in [0.05, 0.1) is 12.2 Å². The molecule has 0 bridgehead atoms. The molecule has 0 radical (unpaired) electrons. The van der Waals surface area contributed by atoms with E-state index in [1.165, 1.54) is 23.1 Å². The Labute approximate surface area is 84.5 Å². The number of aromatic nitrogens is 3. The standard InChI is InChI=1S/C9H9N3O3/c1-2-15-9(14)6-3-4-12-7(6)8(13)10-5-11-12/h3-5H,2H2,1H3,(H,10,11,13). The maximum absolute atomic E-state index is 11.5. The Kier molecular flexibility index (Phi) is 2.24. The number of carbonyl (C=O) groups excluding carboxylic acids is 1. The number of rotatable bonds is 2. The van der Waals surface area contributed by atoms with E-state index in [0.717, 1.165) is 0 Å². The van der Waals surface area contributed by atoms with Gasteiger partial charge in [-0.05, 0) is 13.0 Å². The van der Waals surface area contributed by atoms with Gasteiger partial charge >= 0.3 is 5.97 Å². The minimum absolute atomic E-state index is 0.205. The van der Waals surface area contributed by atoms with E-state index in [9.17, 15) is 9.59 Å². The van der Waals surface area contributed by atoms with Crippen molar-refractivity contribution in [1.82, 2.24) is 14.6 Å². The number of carbonyl (C=O) groups is 1. The van der Waals surface area contributed by atoms with E-state index >= 15 is 0 Å². The van der Waals surface area contributed by atoms with E-state index in [2.05, 4.69) is 10.1 Å². The second-order valence-electron chi connectivity index (χ2n) is 2.86. The predicted octanol–water partition coefficient (Wildman–Crippen LogP) is 0.199. The van der Waals surface area contributed by atoms with E-state index in [0.29, 0.717) is 0 Å². The monoisotopic (exact) mass is 207 g/mol. The minimum atomic E-state index is -0.515. The summed E-state index contributed by atoms with van der Waals surface area (Å²) in [6.45, 7) is 1.98. The first-order valence-corrected chi connectivity index (χ1v) is 4.46. The van der Waals surface area contributed by atoms with E-state index < -0.39 is 5.97 Å². The van der Waals surface area contributed by atoms with Crippen LogP contribution in [0.1, 0.15) is 17.3 Å². The molecular weight excluding hydrogens is 198 g/mol. The molecule has 15 heavy (non-hydrogen) atoms. The SMILES string of the molecule is CCOC(=O)c1ccn2nc[nH]c(=O)c12. The van der Waals surface area contributed by atoms with Gasteiger partial charge in [0.1, 0.15) is 11.8 Å². The lowest BCUT2D eigenvalue weighted by atomic mass is 10.3. The molecule has 0 saturated carbocycles. The van der Waals surface area contributed by atoms with Crippen molar-refractivity contribution in [3.63, 3.8) is 0 Å². The third-order valence-corrected chi connectivity index (χ3v) is 1.95. The highest BCUT2D eigenvalue weighted by Gasteiger charge is 2.15. The van der Waals surface area contributed by atoms with Crippen molar-refractivity contribution in [3.05, 3.63) is 34.5 Å². The normalized spacial score (nSPS) is 10.5. The zero-order chi connectivity index (χ0) is 10.8. The van der Waals surface area contributed by atoms with Crippen molar-refractivity contribution >= 4 is 11.5 Å². The molecule has 0 aliphatic rings. The van der Waals surface area contributed by atoms with Gasteiger partial charge in [0, 0.05) is 6.20 Å². The number of nitrogens with zero attached hydrogens (tertiary/aromatic N) is 2. The van der Waals surface area contributed by atoms with Crippen LogP contribution in [0.25, 0.3) is 5.52 Å². The summed E-state index contributed by atoms with van der Waals surface area (Å²) in [4.78, 5) is 25.3. The molecular formula is C9H9N3O3. The van der Waals surface area contributed by atoms with Crippen LogP contribution in [0.5, 0.6) is 0 Å². The number of fused-ring (bicyclic) bond motifs is 1. The summed E-state index contributed by atoms with van der Waals surface area (Å²) in [7, 11) is 0. The molecule has 0 aliphatic carbocycles. The largest absolute Gasteiger partial charge is 0.462 e. The van der Waals surface area contributed by atoms with Crippen LogP contribution in [0.2, 0.25) is 0 Å². The number of hydrogen-bond acceptors (Lipinski definition) is 4. The summed E-state index contributed by atoms with van der Waals surface area (Å²) in [6.07, 6.45) is 2.81. The maximum atomic E-state index is 11.5. The third kappa shape index (κ3) is 1.50. The number of hydrogen-bond donors (Lipinski definition) is 1. The molecule has 1 N–H and O–H groups in total. The molecule has 0 amide bonds. The van der Waals surface area contributed by atoms with Gasteiger partial charge in [-0.15, -0.1) is 0 Å². The van der Waals surface area contributed by atoms with Crippen LogP contribution in [0.4, 0.5) is 0 Å². The second-order valence-corrected chi connectivity index (χ2v) is 2.86. The molecule has 0 spiro atoms. The van der Waals surface area contributed by atoms with Crippen LogP contribution in [-0.4, -0.2) is 27.2 Å². The van der Waals surface area contributed by atoms with E-state index in [1.807, 2.05) is 0 Å². The van der Waals surface area contributed by atoms with E-state index in [-0.39, 0.29) is 23.2 Å². The van der Waals surface area contributed by atoms with Crippen molar-refractivity contribution in [3.8, 4) is 0 Å². The van der Waals surface area contributed by atoms with E-state index in [1.54, 1.807) is 6.92 Å². The molecule has 0 atom stereocenters. The molecule has 2 rings (SSSR count). The highest BCUT2D eigenvalue weighted by atomic mass is 16.5. The van der Waals surface area contributed by atoms with Gasteiger partial charge < -0.3 is 9.72 Å². The molecule has 2 aromatic heterocycles. The van der Waals surface area contributed by atoms with E-state index in [4.69, 9.17) is 4.74 Å². The number of nitrogens with one attached hydrogen (secondary N) is 1. The first kappa shape index (κ1) is 9.45. The quantitative estimate of drug-likeness (QED) is 0.713. The summed E-state index contributed by atoms with van der Waals surface area (Å²) < 4.78 is 6.15. The molecule has 6 heteroatoms. The van der Waals surface area contributed by atoms with Gasteiger partial charge in [-0.3, -0.25) is 4.79 Å². The number of ether oxygens (including phenoxy) is 1. The van der Waals surface area contributed by atoms with Gasteiger partial charge in [0.15, 0.2) is 0 Å². The van der Waals surface area contributed by atoms with Crippen LogP contribution in [-0.2, 0) is 4.74 Å². The Bertz CT molecular complexity index is 555. The summed E-state index contributed by atoms with van der Waals surface area (Å²) in [5, 5.41) is 3.86. The second kappa shape index (κ2) is 3.56. The zero-order valence-electron chi connectivity index (χ0n) is 8.06. The van der Waals surface area contributed by atoms with Gasteiger partial charge in [-0.25, -0.2) is 9.31 Å². The molecule has 0 unspecified atom stereocenters. The predicted molar refractivity (Wildman–Crippen MR) is 51.8 cm³/mol. The Morgan fingerprint density at radius 1 is 1.67 bits per heavy atom. The fourth-order valence-corrected chi connectivity index (χ4v) is 1.34. The Hall–Kier alpha value is -2.11. The Morgan fingerprint density at radius 3 is 3.20 bits per heavy atom. The lowest BCUT2D eigenvalue weighted by molar-refractivity contribution is 0.0528. The third-order valence-electron chi connectivity index (χ3n) is 1.95. The van der Waals surface area contributed by atoms with Crippen molar-refractivity contribution in [1.29, 1.82) is 0 Å². The van der Waals surface area contributed by atoms with Gasteiger partial charge in [0.25, 0.3) is 5.56 Å². The summed E-state index contributed by atoms with van der Waals surface area (Å²) in [5.74, 6) is -0.515. The first-order chi connectivity index (χ1) is 7.24. The summed E-state index contributed by atoms with van der Waals surface area (Å²) >= 11 is 0. The van der Waals surface area contributed by atoms with Crippen LogP contribution in [0.3, 0.4) is 0 Å². The Balaban J connectivity index is 2.62. The highest BCUT2D eigenvalue weighted by Crippen LogP contribution is 2.07. The van der Waals surface area contributed by atoms with Gasteiger partial charge in [-0.1, -0.05) is 0 Å². The van der Waals surface area contributed by atoms with Crippen LogP contribution in [0.15, 0.2) is 23.4 Å². The van der Waals surface area contributed by atoms with Crippen molar-refractivity contribution < 1.29 is 9.53 Å². The fourth-order valence-electron chi connectivity index (χ4n) is 1.34. The van der Waals surface area contributed by atoms with Crippen LogP contribution < -0.4 is 5.56 Å². The molecule has 78 valence electrons. The summed E-state index contributed by atoms with van der Waals surface area (Å²) in [5.41, 5.74) is 0.0696. The van der Waals surface area contributed by atoms with Crippen molar-refractivity contribution in [2.45, 2.75) is 6.92 Å². The van der Waals surface area contributed by atoms with Crippen molar-refractivity contribution in [2.24, 2.45) is 0 Å². The molecule has 0 aromatic carbocycles. The zero-order valence-corrected chi connectivity index (χ0v) is 8.06. The topological polar surface area (TPSA) is 76.5 Å². The molecule has 6 nitrogen and oxygen atoms in total. The maximum Gasteiger partial charge on any atom is 0.340 e. The fraction of sp³-hybridized carbons (Fsp3) is 0.222. The molecule has 2 heterocycles. The average molecular weight is 207 g/mol. The lowest BCUT2D eigenvalue weighted by Crippen LogP contribution is -2.14. The minimum Gasteiger partial charge on any atom is -0.462 e. The molecule has 0 aliphatic heterocycles.